The van der Waals surface area contributed by atoms with E-state index >= 15 is 0 Å². The molecule has 0 fully saturated rings. The van der Waals surface area contributed by atoms with Crippen molar-refractivity contribution in [3.63, 3.8) is 0 Å². The van der Waals surface area contributed by atoms with Crippen LogP contribution in [0.3, 0.4) is 0 Å². The Balaban J connectivity index is 4.19. The van der Waals surface area contributed by atoms with Gasteiger partial charge in [0, 0.05) is 25.6 Å². The highest BCUT2D eigenvalue weighted by Crippen LogP contribution is 2.11. The summed E-state index contributed by atoms with van der Waals surface area (Å²) in [7, 11) is 1.56. The lowest BCUT2D eigenvalue weighted by molar-refractivity contribution is -0.112. The van der Waals surface area contributed by atoms with E-state index in [2.05, 4.69) is 0 Å². The zero-order valence-corrected chi connectivity index (χ0v) is 9.23. The Kier molecular flexibility index (Phi) is 7.56. The van der Waals surface area contributed by atoms with Gasteiger partial charge in [-0.3, -0.25) is 0 Å². The molecule has 0 amide bonds. The third-order valence-corrected chi connectivity index (χ3v) is 2.32. The molecule has 0 spiro atoms. The van der Waals surface area contributed by atoms with E-state index in [4.69, 9.17) is 10.00 Å². The third kappa shape index (κ3) is 5.33. The summed E-state index contributed by atoms with van der Waals surface area (Å²) < 4.78 is 4.85. The molecular formula is C10H16BNO3. The molecule has 0 rings (SSSR count). The Hall–Kier alpha value is -1.15. The van der Waals surface area contributed by atoms with E-state index in [1.807, 2.05) is 5.97 Å². The van der Waals surface area contributed by atoms with Crippen molar-refractivity contribution in [2.24, 2.45) is 5.92 Å². The van der Waals surface area contributed by atoms with Gasteiger partial charge < -0.3 is 14.3 Å². The number of carbonyl (C=O) groups is 2. The highest BCUT2D eigenvalue weighted by atomic mass is 16.5. The molecule has 0 aromatic carbocycles. The average Bonchev–Trinajstić information content (AvgIpc) is 2.28. The molecule has 0 aliphatic heterocycles. The molecule has 0 unspecified atom stereocenters. The number of carbonyl (C=O) groups excluding carboxylic acids is 2. The minimum atomic E-state index is -0.651. The van der Waals surface area contributed by atoms with E-state index in [1.165, 1.54) is 0 Å². The summed E-state index contributed by atoms with van der Waals surface area (Å²) in [6.45, 7) is 1.54. The number of ether oxygens (including phenoxy) is 1. The van der Waals surface area contributed by atoms with Crippen LogP contribution in [-0.2, 0) is 14.3 Å². The number of hydrogen-bond donors (Lipinski definition) is 0. The molecule has 4 nitrogen and oxygen atoms in total. The van der Waals surface area contributed by atoms with Gasteiger partial charge in [0.25, 0.3) is 0 Å². The van der Waals surface area contributed by atoms with Gasteiger partial charge in [-0.15, -0.1) is 0 Å². The van der Waals surface area contributed by atoms with Crippen LogP contribution in [0.25, 0.3) is 0 Å². The second kappa shape index (κ2) is 8.19. The fourth-order valence-electron chi connectivity index (χ4n) is 1.32. The van der Waals surface area contributed by atoms with Gasteiger partial charge in [-0.2, -0.15) is 0 Å². The van der Waals surface area contributed by atoms with Gasteiger partial charge >= 0.3 is 6.71 Å². The normalized spacial score (nSPS) is 11.5. The number of nitriles is 1. The summed E-state index contributed by atoms with van der Waals surface area (Å²) in [6.07, 6.45) is 2.02. The molecule has 0 saturated heterocycles. The Bertz CT molecular complexity index is 250. The fourth-order valence-corrected chi connectivity index (χ4v) is 1.32. The smallest absolute Gasteiger partial charge is 0.345 e. The van der Waals surface area contributed by atoms with Crippen molar-refractivity contribution in [1.29, 1.82) is 5.26 Å². The number of nitrogens with zero attached hydrogens (tertiary/aromatic N) is 1. The van der Waals surface area contributed by atoms with Gasteiger partial charge in [-0.25, -0.2) is 5.26 Å². The molecule has 1 atom stereocenters. The van der Waals surface area contributed by atoms with Gasteiger partial charge in [-0.05, 0) is 19.2 Å². The second-order valence-electron chi connectivity index (χ2n) is 3.41. The largest absolute Gasteiger partial charge is 0.385 e. The van der Waals surface area contributed by atoms with Gasteiger partial charge in [0.05, 0.1) is 0 Å². The van der Waals surface area contributed by atoms with Crippen LogP contribution >= 0.6 is 0 Å². The summed E-state index contributed by atoms with van der Waals surface area (Å²) in [5.41, 5.74) is -0.0956. The van der Waals surface area contributed by atoms with Gasteiger partial charge in [0.15, 0.2) is 0 Å². The third-order valence-electron chi connectivity index (χ3n) is 2.32. The molecular weight excluding hydrogens is 193 g/mol. The quantitative estimate of drug-likeness (QED) is 0.440. The van der Waals surface area contributed by atoms with Crippen LogP contribution in [0, 0.1) is 17.1 Å². The van der Waals surface area contributed by atoms with Crippen LogP contribution < -0.4 is 0 Å². The van der Waals surface area contributed by atoms with Crippen molar-refractivity contribution in [1.82, 2.24) is 0 Å². The van der Waals surface area contributed by atoms with Gasteiger partial charge in [0.2, 0.25) is 0 Å². The minimum Gasteiger partial charge on any atom is -0.385 e. The molecule has 0 aliphatic carbocycles. The van der Waals surface area contributed by atoms with Gasteiger partial charge in [-0.1, -0.05) is 6.92 Å². The maximum absolute atomic E-state index is 11.3. The van der Waals surface area contributed by atoms with Crippen LogP contribution in [0.2, 0.25) is 6.32 Å². The van der Waals surface area contributed by atoms with Crippen LogP contribution in [0.15, 0.2) is 0 Å². The van der Waals surface area contributed by atoms with E-state index < -0.39 is 6.71 Å². The Morgan fingerprint density at radius 2 is 2.33 bits per heavy atom. The predicted octanol–water partition coefficient (Wildman–Crippen LogP) is 0.914. The van der Waals surface area contributed by atoms with Crippen molar-refractivity contribution >= 4 is 18.7 Å². The molecule has 0 aromatic rings. The van der Waals surface area contributed by atoms with E-state index in [-0.39, 0.29) is 11.6 Å². The number of methoxy groups -OCH3 is 1. The second-order valence-corrected chi connectivity index (χ2v) is 3.41. The first kappa shape index (κ1) is 13.9. The minimum absolute atomic E-state index is 0.0956. The number of hydrogen-bond acceptors (Lipinski definition) is 4. The molecule has 0 N–H and O–H groups in total. The monoisotopic (exact) mass is 209 g/mol. The van der Waals surface area contributed by atoms with Crippen LogP contribution in [0.1, 0.15) is 19.8 Å². The predicted molar refractivity (Wildman–Crippen MR) is 57.5 cm³/mol. The van der Waals surface area contributed by atoms with Crippen LogP contribution in [0.4, 0.5) is 0 Å². The lowest BCUT2D eigenvalue weighted by Gasteiger charge is -2.10. The zero-order valence-electron chi connectivity index (χ0n) is 9.23. The number of rotatable bonds is 8. The fraction of sp³-hybridized carbons (Fsp3) is 0.700. The Morgan fingerprint density at radius 1 is 1.67 bits per heavy atom. The average molecular weight is 209 g/mol. The van der Waals surface area contributed by atoms with E-state index in [9.17, 15) is 9.59 Å². The SMILES string of the molecule is CCC(=O)B(C#N)C[C@@H](C=O)CCOC. The van der Waals surface area contributed by atoms with Crippen molar-refractivity contribution in [3.8, 4) is 5.97 Å². The molecule has 0 bridgehead atoms. The first-order chi connectivity index (χ1) is 7.19. The Morgan fingerprint density at radius 3 is 2.73 bits per heavy atom. The summed E-state index contributed by atoms with van der Waals surface area (Å²) in [5.74, 6) is 1.69. The van der Waals surface area contributed by atoms with Crippen LogP contribution in [0.5, 0.6) is 0 Å². The molecule has 0 saturated carbocycles. The molecule has 5 heteroatoms. The maximum atomic E-state index is 11.3. The first-order valence-corrected chi connectivity index (χ1v) is 5.06. The molecule has 82 valence electrons. The van der Waals surface area contributed by atoms with E-state index in [0.29, 0.717) is 25.8 Å². The van der Waals surface area contributed by atoms with Gasteiger partial charge in [0.1, 0.15) is 12.0 Å². The van der Waals surface area contributed by atoms with E-state index in [0.717, 1.165) is 6.29 Å². The first-order valence-electron chi connectivity index (χ1n) is 5.06. The Labute approximate surface area is 90.7 Å². The van der Waals surface area contributed by atoms with Crippen molar-refractivity contribution in [2.45, 2.75) is 26.1 Å². The topological polar surface area (TPSA) is 67.2 Å². The standard InChI is InChI=1S/C10H16BNO3/c1-3-10(14)11(8-12)6-9(7-13)4-5-15-2/h7,9H,3-6H2,1-2H3/t9-/m0/s1. The van der Waals surface area contributed by atoms with Crippen molar-refractivity contribution in [3.05, 3.63) is 0 Å². The maximum Gasteiger partial charge on any atom is 0.345 e. The molecule has 0 radical (unpaired) electrons. The highest BCUT2D eigenvalue weighted by molar-refractivity contribution is 6.95. The highest BCUT2D eigenvalue weighted by Gasteiger charge is 2.26. The number of aldehydes is 1. The summed E-state index contributed by atoms with van der Waals surface area (Å²) in [6, 6.07) is 0. The zero-order chi connectivity index (χ0) is 11.7. The van der Waals surface area contributed by atoms with Crippen molar-refractivity contribution < 1.29 is 14.3 Å². The van der Waals surface area contributed by atoms with Crippen LogP contribution in [-0.4, -0.2) is 32.4 Å². The van der Waals surface area contributed by atoms with E-state index in [1.54, 1.807) is 14.0 Å². The summed E-state index contributed by atoms with van der Waals surface area (Å²) >= 11 is 0. The van der Waals surface area contributed by atoms with Crippen molar-refractivity contribution in [2.75, 3.05) is 13.7 Å². The lowest BCUT2D eigenvalue weighted by Crippen LogP contribution is -2.27. The summed E-state index contributed by atoms with van der Waals surface area (Å²) in [4.78, 5) is 22.0. The summed E-state index contributed by atoms with van der Waals surface area (Å²) in [5, 5.41) is 8.78. The molecule has 0 aromatic heterocycles. The molecule has 15 heavy (non-hydrogen) atoms. The molecule has 0 aliphatic rings. The lowest BCUT2D eigenvalue weighted by atomic mass is 9.43. The molecule has 0 heterocycles.